The number of hydrazine groups is 1. The number of thiophene rings is 1. The maximum absolute atomic E-state index is 12.6. The fourth-order valence-corrected chi connectivity index (χ4v) is 5.65. The van der Waals surface area contributed by atoms with Gasteiger partial charge in [0.05, 0.1) is 11.5 Å². The van der Waals surface area contributed by atoms with Crippen molar-refractivity contribution in [3.8, 4) is 5.75 Å². The molecule has 1 aliphatic rings. The summed E-state index contributed by atoms with van der Waals surface area (Å²) in [6.45, 7) is 2.10. The molecule has 0 spiro atoms. The first-order valence-corrected chi connectivity index (χ1v) is 11.9. The van der Waals surface area contributed by atoms with Crippen LogP contribution in [0.2, 0.25) is 0 Å². The average Bonchev–Trinajstić information content (AvgIpc) is 2.92. The second kappa shape index (κ2) is 8.72. The summed E-state index contributed by atoms with van der Waals surface area (Å²) in [6.07, 6.45) is 5.41. The molecule has 0 saturated carbocycles. The molecule has 2 N–H and O–H groups in total. The molecule has 6 nitrogen and oxygen atoms in total. The van der Waals surface area contributed by atoms with Crippen molar-refractivity contribution in [2.24, 2.45) is 0 Å². The van der Waals surface area contributed by atoms with E-state index in [4.69, 9.17) is 4.74 Å². The van der Waals surface area contributed by atoms with Crippen LogP contribution in [-0.4, -0.2) is 20.9 Å². The van der Waals surface area contributed by atoms with E-state index >= 15 is 0 Å². The van der Waals surface area contributed by atoms with Crippen molar-refractivity contribution in [2.45, 2.75) is 43.9 Å². The number of hydrogen-bond donors (Lipinski definition) is 2. The third-order valence-electron chi connectivity index (χ3n) is 4.26. The normalized spacial score (nSPS) is 14.3. The summed E-state index contributed by atoms with van der Waals surface area (Å²) in [4.78, 5) is 16.3. The fraction of sp³-hybridized carbons (Fsp3) is 0.389. The minimum atomic E-state index is -3.98. The molecule has 27 heavy (non-hydrogen) atoms. The number of benzene rings is 1. The SMILES string of the molecule is CCOc1ccc(Br)cc1S(=O)(=O)NNC(=O)c1cc2c(s1)CCCCC2. The Kier molecular flexibility index (Phi) is 6.56. The van der Waals surface area contributed by atoms with Crippen LogP contribution in [0.1, 0.15) is 46.3 Å². The van der Waals surface area contributed by atoms with Crippen molar-refractivity contribution in [3.05, 3.63) is 44.1 Å². The second-order valence-corrected chi connectivity index (χ2v) is 9.91. The van der Waals surface area contributed by atoms with E-state index in [1.165, 1.54) is 34.3 Å². The fourth-order valence-electron chi connectivity index (χ4n) is 2.98. The standard InChI is InChI=1S/C18H21BrN2O4S2/c1-2-25-14-9-8-13(19)11-17(14)27(23,24)21-20-18(22)16-10-12-6-4-3-5-7-15(12)26-16/h8-11,21H,2-7H2,1H3,(H,20,22). The summed E-state index contributed by atoms with van der Waals surface area (Å²) in [6, 6.07) is 6.58. The third-order valence-corrected chi connectivity index (χ3v) is 7.26. The van der Waals surface area contributed by atoms with Crippen LogP contribution in [0.4, 0.5) is 0 Å². The van der Waals surface area contributed by atoms with E-state index in [1.54, 1.807) is 19.1 Å². The Bertz CT molecular complexity index is 917. The van der Waals surface area contributed by atoms with Crippen LogP contribution in [0.25, 0.3) is 0 Å². The molecule has 1 aromatic carbocycles. The Hall–Kier alpha value is -1.42. The first-order valence-electron chi connectivity index (χ1n) is 8.77. The van der Waals surface area contributed by atoms with Gasteiger partial charge >= 0.3 is 0 Å². The highest BCUT2D eigenvalue weighted by molar-refractivity contribution is 9.10. The zero-order valence-electron chi connectivity index (χ0n) is 14.9. The number of fused-ring (bicyclic) bond motifs is 1. The zero-order valence-corrected chi connectivity index (χ0v) is 18.1. The quantitative estimate of drug-likeness (QED) is 0.494. The smallest absolute Gasteiger partial charge is 0.276 e. The van der Waals surface area contributed by atoms with Gasteiger partial charge in [-0.2, -0.15) is 0 Å². The van der Waals surface area contributed by atoms with Gasteiger partial charge in [0.25, 0.3) is 15.9 Å². The molecule has 1 aromatic heterocycles. The van der Waals surface area contributed by atoms with Crippen LogP contribution in [0.5, 0.6) is 5.75 Å². The predicted molar refractivity (Wildman–Crippen MR) is 109 cm³/mol. The van der Waals surface area contributed by atoms with Crippen molar-refractivity contribution >= 4 is 43.2 Å². The molecule has 0 fully saturated rings. The van der Waals surface area contributed by atoms with E-state index < -0.39 is 15.9 Å². The molecular weight excluding hydrogens is 452 g/mol. The summed E-state index contributed by atoms with van der Waals surface area (Å²) in [5, 5.41) is 0. The number of amides is 1. The molecule has 0 radical (unpaired) electrons. The number of nitrogens with one attached hydrogen (secondary N) is 2. The first-order chi connectivity index (χ1) is 12.9. The number of halogens is 1. The number of ether oxygens (including phenoxy) is 1. The molecule has 1 aliphatic carbocycles. The number of sulfonamides is 1. The first kappa shape index (κ1) is 20.3. The Labute approximate surface area is 171 Å². The van der Waals surface area contributed by atoms with Crippen LogP contribution < -0.4 is 15.0 Å². The summed E-state index contributed by atoms with van der Waals surface area (Å²) >= 11 is 4.70. The molecule has 3 rings (SSSR count). The number of carbonyl (C=O) groups is 1. The van der Waals surface area contributed by atoms with Gasteiger partial charge in [0.15, 0.2) is 0 Å². The highest BCUT2D eigenvalue weighted by Crippen LogP contribution is 2.29. The average molecular weight is 473 g/mol. The van der Waals surface area contributed by atoms with Gasteiger partial charge in [-0.1, -0.05) is 22.4 Å². The van der Waals surface area contributed by atoms with Crippen LogP contribution in [0, 0.1) is 0 Å². The topological polar surface area (TPSA) is 84.5 Å². The maximum Gasteiger partial charge on any atom is 0.276 e. The van der Waals surface area contributed by atoms with E-state index in [-0.39, 0.29) is 10.6 Å². The van der Waals surface area contributed by atoms with Gasteiger partial charge < -0.3 is 4.74 Å². The lowest BCUT2D eigenvalue weighted by atomic mass is 10.1. The highest BCUT2D eigenvalue weighted by Gasteiger charge is 2.22. The van der Waals surface area contributed by atoms with Gasteiger partial charge in [-0.05, 0) is 62.4 Å². The second-order valence-electron chi connectivity index (χ2n) is 6.20. The van der Waals surface area contributed by atoms with Crippen LogP contribution in [0.15, 0.2) is 33.6 Å². The van der Waals surface area contributed by atoms with Gasteiger partial charge in [-0.25, -0.2) is 8.42 Å². The lowest BCUT2D eigenvalue weighted by molar-refractivity contribution is 0.0949. The molecule has 146 valence electrons. The molecule has 0 atom stereocenters. The summed E-state index contributed by atoms with van der Waals surface area (Å²) in [5.41, 5.74) is 3.52. The van der Waals surface area contributed by atoms with Gasteiger partial charge in [-0.3, -0.25) is 10.2 Å². The third kappa shape index (κ3) is 4.90. The molecule has 0 aliphatic heterocycles. The summed E-state index contributed by atoms with van der Waals surface area (Å²) in [5.74, 6) is -0.227. The minimum absolute atomic E-state index is 0.0408. The summed E-state index contributed by atoms with van der Waals surface area (Å²) in [7, 11) is -3.98. The van der Waals surface area contributed by atoms with Gasteiger partial charge in [0, 0.05) is 9.35 Å². The number of carbonyl (C=O) groups excluding carboxylic acids is 1. The van der Waals surface area contributed by atoms with E-state index in [0.29, 0.717) is 16.0 Å². The molecule has 0 saturated heterocycles. The Balaban J connectivity index is 1.74. The van der Waals surface area contributed by atoms with Crippen molar-refractivity contribution in [2.75, 3.05) is 6.61 Å². The van der Waals surface area contributed by atoms with E-state index in [2.05, 4.69) is 26.2 Å². The molecule has 1 amide bonds. The Morgan fingerprint density at radius 1 is 1.22 bits per heavy atom. The van der Waals surface area contributed by atoms with Crippen LogP contribution >= 0.6 is 27.3 Å². The minimum Gasteiger partial charge on any atom is -0.492 e. The van der Waals surface area contributed by atoms with Gasteiger partial charge in [-0.15, -0.1) is 16.2 Å². The number of aryl methyl sites for hydroxylation is 2. The molecular formula is C18H21BrN2O4S2. The number of rotatable bonds is 6. The molecule has 2 aromatic rings. The van der Waals surface area contributed by atoms with E-state index in [1.807, 2.05) is 6.07 Å². The van der Waals surface area contributed by atoms with E-state index in [0.717, 1.165) is 25.7 Å². The van der Waals surface area contributed by atoms with Crippen molar-refractivity contribution in [3.63, 3.8) is 0 Å². The molecule has 0 unspecified atom stereocenters. The lowest BCUT2D eigenvalue weighted by Gasteiger charge is -2.12. The van der Waals surface area contributed by atoms with Crippen LogP contribution in [0.3, 0.4) is 0 Å². The van der Waals surface area contributed by atoms with Gasteiger partial charge in [0.1, 0.15) is 10.6 Å². The summed E-state index contributed by atoms with van der Waals surface area (Å²) < 4.78 is 31.2. The van der Waals surface area contributed by atoms with Crippen molar-refractivity contribution in [1.29, 1.82) is 0 Å². The predicted octanol–water partition coefficient (Wildman–Crippen LogP) is 3.80. The van der Waals surface area contributed by atoms with Crippen LogP contribution in [-0.2, 0) is 22.9 Å². The molecule has 0 bridgehead atoms. The monoisotopic (exact) mass is 472 g/mol. The molecule has 1 heterocycles. The van der Waals surface area contributed by atoms with Crippen molar-refractivity contribution < 1.29 is 17.9 Å². The zero-order chi connectivity index (χ0) is 19.4. The molecule has 9 heteroatoms. The Morgan fingerprint density at radius 3 is 2.78 bits per heavy atom. The largest absolute Gasteiger partial charge is 0.492 e. The maximum atomic E-state index is 12.6. The highest BCUT2D eigenvalue weighted by atomic mass is 79.9. The van der Waals surface area contributed by atoms with Gasteiger partial charge in [0.2, 0.25) is 0 Å². The Morgan fingerprint density at radius 2 is 2.00 bits per heavy atom. The van der Waals surface area contributed by atoms with E-state index in [9.17, 15) is 13.2 Å². The number of hydrogen-bond acceptors (Lipinski definition) is 5. The lowest BCUT2D eigenvalue weighted by Crippen LogP contribution is -2.41. The van der Waals surface area contributed by atoms with Crippen molar-refractivity contribution in [1.82, 2.24) is 10.3 Å².